The van der Waals surface area contributed by atoms with Gasteiger partial charge < -0.3 is 0 Å². The Morgan fingerprint density at radius 3 is 2.42 bits per heavy atom. The van der Waals surface area contributed by atoms with E-state index in [0.29, 0.717) is 11.6 Å². The average Bonchev–Trinajstić information content (AvgIpc) is 3.28. The summed E-state index contributed by atoms with van der Waals surface area (Å²) in [4.78, 5) is 14.8. The zero-order chi connectivity index (χ0) is 13.4. The molecule has 2 fully saturated rings. The summed E-state index contributed by atoms with van der Waals surface area (Å²) in [6, 6.07) is 6.43. The van der Waals surface area contributed by atoms with Crippen molar-refractivity contribution in [2.45, 2.75) is 44.7 Å². The van der Waals surface area contributed by atoms with E-state index in [1.807, 2.05) is 6.92 Å². The fraction of sp³-hybridized carbons (Fsp3) is 0.562. The van der Waals surface area contributed by atoms with Crippen molar-refractivity contribution in [2.75, 3.05) is 6.54 Å². The number of rotatable bonds is 6. The van der Waals surface area contributed by atoms with Gasteiger partial charge in [0.05, 0.1) is 6.04 Å². The fourth-order valence-corrected chi connectivity index (χ4v) is 2.63. The molecule has 2 saturated carbocycles. The molecule has 0 aliphatic heterocycles. The van der Waals surface area contributed by atoms with Crippen molar-refractivity contribution in [2.24, 2.45) is 5.92 Å². The van der Waals surface area contributed by atoms with Crippen LogP contribution in [-0.4, -0.2) is 29.3 Å². The molecule has 0 heterocycles. The van der Waals surface area contributed by atoms with E-state index in [-0.39, 0.29) is 17.6 Å². The summed E-state index contributed by atoms with van der Waals surface area (Å²) in [5.41, 5.74) is 0.621. The van der Waals surface area contributed by atoms with Crippen LogP contribution in [0, 0.1) is 11.7 Å². The van der Waals surface area contributed by atoms with Crippen molar-refractivity contribution in [1.29, 1.82) is 0 Å². The third-order valence-electron chi connectivity index (χ3n) is 4.19. The third-order valence-corrected chi connectivity index (χ3v) is 4.19. The highest BCUT2D eigenvalue weighted by Gasteiger charge is 2.38. The molecule has 19 heavy (non-hydrogen) atoms. The van der Waals surface area contributed by atoms with Gasteiger partial charge in [0.1, 0.15) is 5.82 Å². The van der Waals surface area contributed by atoms with Crippen LogP contribution in [0.3, 0.4) is 0 Å². The summed E-state index contributed by atoms with van der Waals surface area (Å²) in [5.74, 6) is 0.623. The van der Waals surface area contributed by atoms with Crippen LogP contribution >= 0.6 is 0 Å². The van der Waals surface area contributed by atoms with Crippen LogP contribution < -0.4 is 0 Å². The number of benzene rings is 1. The van der Waals surface area contributed by atoms with E-state index in [9.17, 15) is 9.18 Å². The smallest absolute Gasteiger partial charge is 0.179 e. The van der Waals surface area contributed by atoms with Crippen LogP contribution in [0.5, 0.6) is 0 Å². The third kappa shape index (κ3) is 3.03. The minimum atomic E-state index is -0.291. The van der Waals surface area contributed by atoms with E-state index < -0.39 is 0 Å². The number of nitrogens with zero attached hydrogens (tertiary/aromatic N) is 1. The molecule has 0 bridgehead atoms. The zero-order valence-electron chi connectivity index (χ0n) is 11.3. The van der Waals surface area contributed by atoms with Crippen molar-refractivity contribution in [1.82, 2.24) is 4.90 Å². The van der Waals surface area contributed by atoms with Crippen molar-refractivity contribution >= 4 is 5.78 Å². The molecule has 0 spiro atoms. The highest BCUT2D eigenvalue weighted by molar-refractivity contribution is 5.99. The van der Waals surface area contributed by atoms with Crippen LogP contribution in [0.4, 0.5) is 4.39 Å². The summed E-state index contributed by atoms with van der Waals surface area (Å²) in [6.07, 6.45) is 5.04. The monoisotopic (exact) mass is 261 g/mol. The summed E-state index contributed by atoms with van der Waals surface area (Å²) < 4.78 is 12.9. The second-order valence-corrected chi connectivity index (χ2v) is 5.92. The zero-order valence-corrected chi connectivity index (χ0v) is 11.3. The normalized spacial score (nSPS) is 20.6. The van der Waals surface area contributed by atoms with E-state index in [0.717, 1.165) is 12.5 Å². The molecule has 3 rings (SSSR count). The maximum Gasteiger partial charge on any atom is 0.179 e. The Bertz CT molecular complexity index is 462. The standard InChI is InChI=1S/C16H20FNO/c1-11(16(19)13-4-6-14(17)7-5-13)18(15-8-9-15)10-12-2-3-12/h4-7,11-12,15H,2-3,8-10H2,1H3. The molecule has 1 atom stereocenters. The highest BCUT2D eigenvalue weighted by Crippen LogP contribution is 2.36. The average molecular weight is 261 g/mol. The number of hydrogen-bond donors (Lipinski definition) is 0. The predicted octanol–water partition coefficient (Wildman–Crippen LogP) is 3.27. The van der Waals surface area contributed by atoms with E-state index in [4.69, 9.17) is 0 Å². The van der Waals surface area contributed by atoms with Gasteiger partial charge in [0.15, 0.2) is 5.78 Å². The molecule has 1 aromatic rings. The molecule has 2 aliphatic carbocycles. The van der Waals surface area contributed by atoms with E-state index >= 15 is 0 Å². The lowest BCUT2D eigenvalue weighted by Crippen LogP contribution is -2.41. The number of halogens is 1. The summed E-state index contributed by atoms with van der Waals surface area (Å²) in [5, 5.41) is 0. The largest absolute Gasteiger partial charge is 0.292 e. The van der Waals surface area contributed by atoms with Gasteiger partial charge >= 0.3 is 0 Å². The van der Waals surface area contributed by atoms with Crippen LogP contribution in [0.25, 0.3) is 0 Å². The number of ketones is 1. The van der Waals surface area contributed by atoms with E-state index in [2.05, 4.69) is 4.90 Å². The minimum absolute atomic E-state index is 0.0847. The minimum Gasteiger partial charge on any atom is -0.292 e. The molecular weight excluding hydrogens is 241 g/mol. The molecule has 1 unspecified atom stereocenters. The lowest BCUT2D eigenvalue weighted by atomic mass is 10.0. The van der Waals surface area contributed by atoms with Gasteiger partial charge in [-0.15, -0.1) is 0 Å². The van der Waals surface area contributed by atoms with Crippen molar-refractivity contribution in [3.63, 3.8) is 0 Å². The Hall–Kier alpha value is -1.22. The molecule has 0 N–H and O–H groups in total. The van der Waals surface area contributed by atoms with Gasteiger partial charge in [0, 0.05) is 18.2 Å². The second-order valence-electron chi connectivity index (χ2n) is 5.92. The van der Waals surface area contributed by atoms with Crippen molar-refractivity contribution in [3.8, 4) is 0 Å². The molecule has 3 heteroatoms. The molecule has 2 nitrogen and oxygen atoms in total. The maximum absolute atomic E-state index is 12.9. The molecule has 0 aromatic heterocycles. The first-order valence-electron chi connectivity index (χ1n) is 7.20. The molecule has 0 radical (unpaired) electrons. The number of carbonyl (C=O) groups excluding carboxylic acids is 1. The van der Waals surface area contributed by atoms with Crippen molar-refractivity contribution < 1.29 is 9.18 Å². The lowest BCUT2D eigenvalue weighted by molar-refractivity contribution is 0.0819. The quantitative estimate of drug-likeness (QED) is 0.732. The Labute approximate surface area is 113 Å². The first-order valence-corrected chi connectivity index (χ1v) is 7.20. The van der Waals surface area contributed by atoms with Crippen LogP contribution in [0.15, 0.2) is 24.3 Å². The van der Waals surface area contributed by atoms with Gasteiger partial charge in [-0.25, -0.2) is 4.39 Å². The predicted molar refractivity (Wildman–Crippen MR) is 72.6 cm³/mol. The van der Waals surface area contributed by atoms with Gasteiger partial charge in [-0.1, -0.05) is 0 Å². The second kappa shape index (κ2) is 5.04. The van der Waals surface area contributed by atoms with Crippen LogP contribution in [0.2, 0.25) is 0 Å². The summed E-state index contributed by atoms with van der Waals surface area (Å²) in [7, 11) is 0. The molecule has 1 aromatic carbocycles. The molecule has 2 aliphatic rings. The van der Waals surface area contributed by atoms with Crippen molar-refractivity contribution in [3.05, 3.63) is 35.6 Å². The maximum atomic E-state index is 12.9. The van der Waals surface area contributed by atoms with Gasteiger partial charge in [0.25, 0.3) is 0 Å². The number of Topliss-reactive ketones (excluding diaryl/α,β-unsaturated/α-hetero) is 1. The molecule has 102 valence electrons. The van der Waals surface area contributed by atoms with E-state index in [1.165, 1.54) is 37.8 Å². The fourth-order valence-electron chi connectivity index (χ4n) is 2.63. The molecule has 0 saturated heterocycles. The Kier molecular flexibility index (Phi) is 3.40. The Morgan fingerprint density at radius 1 is 1.26 bits per heavy atom. The Morgan fingerprint density at radius 2 is 1.89 bits per heavy atom. The number of carbonyl (C=O) groups is 1. The van der Waals surface area contributed by atoms with Gasteiger partial charge in [-0.3, -0.25) is 9.69 Å². The SMILES string of the molecule is CC(C(=O)c1ccc(F)cc1)N(CC1CC1)C1CC1. The highest BCUT2D eigenvalue weighted by atomic mass is 19.1. The van der Waals surface area contributed by atoms with Crippen LogP contribution in [-0.2, 0) is 0 Å². The van der Waals surface area contributed by atoms with Gasteiger partial charge in [0.2, 0.25) is 0 Å². The van der Waals surface area contributed by atoms with E-state index in [1.54, 1.807) is 12.1 Å². The first kappa shape index (κ1) is 12.8. The molecule has 0 amide bonds. The van der Waals surface area contributed by atoms with Gasteiger partial charge in [-0.05, 0) is 62.8 Å². The number of hydrogen-bond acceptors (Lipinski definition) is 2. The topological polar surface area (TPSA) is 20.3 Å². The summed E-state index contributed by atoms with van der Waals surface area (Å²) in [6.45, 7) is 3.05. The Balaban J connectivity index is 1.71. The summed E-state index contributed by atoms with van der Waals surface area (Å²) >= 11 is 0. The first-order chi connectivity index (χ1) is 9.15. The van der Waals surface area contributed by atoms with Gasteiger partial charge in [-0.2, -0.15) is 0 Å². The molecular formula is C16H20FNO. The lowest BCUT2D eigenvalue weighted by Gasteiger charge is -2.28. The van der Waals surface area contributed by atoms with Crippen LogP contribution in [0.1, 0.15) is 43.0 Å².